The van der Waals surface area contributed by atoms with Gasteiger partial charge in [-0.1, -0.05) is 24.3 Å². The summed E-state index contributed by atoms with van der Waals surface area (Å²) in [5.41, 5.74) is 4.43. The van der Waals surface area contributed by atoms with Gasteiger partial charge in [0.25, 0.3) is 0 Å². The van der Waals surface area contributed by atoms with Crippen LogP contribution in [0.25, 0.3) is 11.3 Å². The van der Waals surface area contributed by atoms with E-state index in [1.165, 1.54) is 11.1 Å². The second kappa shape index (κ2) is 5.32. The third kappa shape index (κ3) is 2.86. The maximum absolute atomic E-state index is 4.59. The first-order valence-electron chi connectivity index (χ1n) is 5.72. The Hall–Kier alpha value is -1.35. The van der Waals surface area contributed by atoms with E-state index in [-0.39, 0.29) is 0 Å². The molecule has 0 saturated carbocycles. The fourth-order valence-electron chi connectivity index (χ4n) is 1.84. The Morgan fingerprint density at radius 1 is 1.12 bits per heavy atom. The average molecular weight is 244 g/mol. The van der Waals surface area contributed by atoms with Crippen molar-refractivity contribution in [3.63, 3.8) is 0 Å². The van der Waals surface area contributed by atoms with Crippen molar-refractivity contribution in [1.29, 1.82) is 0 Å². The molecule has 0 atom stereocenters. The number of aryl methyl sites for hydroxylation is 3. The summed E-state index contributed by atoms with van der Waals surface area (Å²) >= 11 is 4.23. The second-order valence-corrected chi connectivity index (χ2v) is 4.55. The minimum absolute atomic E-state index is 0.774. The van der Waals surface area contributed by atoms with Gasteiger partial charge in [-0.25, -0.2) is 9.97 Å². The molecule has 2 rings (SSSR count). The van der Waals surface area contributed by atoms with Crippen molar-refractivity contribution in [2.75, 3.05) is 5.75 Å². The van der Waals surface area contributed by atoms with Gasteiger partial charge in [0.2, 0.25) is 0 Å². The van der Waals surface area contributed by atoms with Crippen LogP contribution < -0.4 is 0 Å². The van der Waals surface area contributed by atoms with Crippen LogP contribution in [0.4, 0.5) is 0 Å². The van der Waals surface area contributed by atoms with Gasteiger partial charge in [-0.05, 0) is 31.2 Å². The Labute approximate surface area is 108 Å². The van der Waals surface area contributed by atoms with Crippen molar-refractivity contribution in [3.05, 3.63) is 47.4 Å². The van der Waals surface area contributed by atoms with E-state index < -0.39 is 0 Å². The van der Waals surface area contributed by atoms with Gasteiger partial charge in [-0.2, -0.15) is 12.6 Å². The molecule has 0 amide bonds. The first-order chi connectivity index (χ1) is 8.20. The Morgan fingerprint density at radius 2 is 1.88 bits per heavy atom. The average Bonchev–Trinajstić information content (AvgIpc) is 2.29. The van der Waals surface area contributed by atoms with Gasteiger partial charge in [0.15, 0.2) is 0 Å². The summed E-state index contributed by atoms with van der Waals surface area (Å²) < 4.78 is 0. The minimum atomic E-state index is 0.774. The maximum Gasteiger partial charge on any atom is 0.130 e. The molecule has 0 bridgehead atoms. The summed E-state index contributed by atoms with van der Waals surface area (Å²) in [5.74, 6) is 1.65. The highest BCUT2D eigenvalue weighted by atomic mass is 32.1. The van der Waals surface area contributed by atoms with Gasteiger partial charge in [0.1, 0.15) is 5.82 Å². The highest BCUT2D eigenvalue weighted by Crippen LogP contribution is 2.21. The van der Waals surface area contributed by atoms with Crippen molar-refractivity contribution >= 4 is 12.6 Å². The molecule has 0 aliphatic rings. The number of nitrogens with zero attached hydrogens (tertiary/aromatic N) is 2. The highest BCUT2D eigenvalue weighted by molar-refractivity contribution is 7.80. The molecule has 0 aliphatic heterocycles. The zero-order chi connectivity index (χ0) is 12.3. The van der Waals surface area contributed by atoms with E-state index in [1.54, 1.807) is 0 Å². The Morgan fingerprint density at radius 3 is 2.59 bits per heavy atom. The number of hydrogen-bond acceptors (Lipinski definition) is 3. The van der Waals surface area contributed by atoms with Crippen LogP contribution in [0.15, 0.2) is 30.3 Å². The van der Waals surface area contributed by atoms with E-state index in [4.69, 9.17) is 0 Å². The van der Waals surface area contributed by atoms with Crippen molar-refractivity contribution in [1.82, 2.24) is 9.97 Å². The van der Waals surface area contributed by atoms with Crippen molar-refractivity contribution in [2.45, 2.75) is 20.3 Å². The molecular weight excluding hydrogens is 228 g/mol. The molecule has 2 nitrogen and oxygen atoms in total. The van der Waals surface area contributed by atoms with Crippen LogP contribution in [0, 0.1) is 13.8 Å². The van der Waals surface area contributed by atoms with Gasteiger partial charge in [-0.3, -0.25) is 0 Å². The highest BCUT2D eigenvalue weighted by Gasteiger charge is 2.06. The maximum atomic E-state index is 4.59. The summed E-state index contributed by atoms with van der Waals surface area (Å²) in [5, 5.41) is 0. The molecule has 1 heterocycles. The largest absolute Gasteiger partial charge is 0.238 e. The lowest BCUT2D eigenvalue weighted by molar-refractivity contribution is 0.929. The van der Waals surface area contributed by atoms with E-state index in [9.17, 15) is 0 Å². The van der Waals surface area contributed by atoms with Gasteiger partial charge in [0.05, 0.1) is 5.69 Å². The predicted octanol–water partition coefficient (Wildman–Crippen LogP) is 3.23. The van der Waals surface area contributed by atoms with Crippen LogP contribution >= 0.6 is 12.6 Å². The fourth-order valence-corrected chi connectivity index (χ4v) is 2.04. The minimum Gasteiger partial charge on any atom is -0.238 e. The monoisotopic (exact) mass is 244 g/mol. The number of hydrogen-bond donors (Lipinski definition) is 1. The molecule has 0 aliphatic carbocycles. The number of aromatic nitrogens is 2. The number of thiol groups is 1. The normalized spacial score (nSPS) is 10.5. The summed E-state index contributed by atoms with van der Waals surface area (Å²) in [7, 11) is 0. The smallest absolute Gasteiger partial charge is 0.130 e. The van der Waals surface area contributed by atoms with E-state index >= 15 is 0 Å². The SMILES string of the molecule is Cc1cc(-c2ccccc2C)nc(CCS)n1. The molecule has 0 fully saturated rings. The van der Waals surface area contributed by atoms with Crippen LogP contribution in [-0.2, 0) is 6.42 Å². The molecule has 0 saturated heterocycles. The summed E-state index contributed by atoms with van der Waals surface area (Å²) in [6, 6.07) is 10.3. The molecule has 0 N–H and O–H groups in total. The molecule has 0 spiro atoms. The van der Waals surface area contributed by atoms with Crippen molar-refractivity contribution in [2.24, 2.45) is 0 Å². The van der Waals surface area contributed by atoms with Crippen LogP contribution in [0.2, 0.25) is 0 Å². The Balaban J connectivity index is 2.48. The summed E-state index contributed by atoms with van der Waals surface area (Å²) in [6.07, 6.45) is 0.809. The summed E-state index contributed by atoms with van der Waals surface area (Å²) in [4.78, 5) is 9.01. The van der Waals surface area contributed by atoms with Crippen molar-refractivity contribution < 1.29 is 0 Å². The molecular formula is C14H16N2S. The lowest BCUT2D eigenvalue weighted by Crippen LogP contribution is -2.00. The van der Waals surface area contributed by atoms with Gasteiger partial charge < -0.3 is 0 Å². The Bertz CT molecular complexity index is 523. The fraction of sp³-hybridized carbons (Fsp3) is 0.286. The van der Waals surface area contributed by atoms with Crippen LogP contribution in [-0.4, -0.2) is 15.7 Å². The zero-order valence-corrected chi connectivity index (χ0v) is 11.0. The van der Waals surface area contributed by atoms with Crippen LogP contribution in [0.3, 0.4) is 0 Å². The lowest BCUT2D eigenvalue weighted by atomic mass is 10.1. The third-order valence-electron chi connectivity index (χ3n) is 2.66. The predicted molar refractivity (Wildman–Crippen MR) is 74.5 cm³/mol. The first-order valence-corrected chi connectivity index (χ1v) is 6.35. The van der Waals surface area contributed by atoms with E-state index in [0.29, 0.717) is 0 Å². The molecule has 0 radical (unpaired) electrons. The number of rotatable bonds is 3. The zero-order valence-electron chi connectivity index (χ0n) is 10.1. The first kappa shape index (κ1) is 12.1. The Kier molecular flexibility index (Phi) is 3.79. The lowest BCUT2D eigenvalue weighted by Gasteiger charge is -2.07. The molecule has 1 aromatic carbocycles. The van der Waals surface area contributed by atoms with Crippen LogP contribution in [0.1, 0.15) is 17.1 Å². The molecule has 1 aromatic heterocycles. The molecule has 3 heteroatoms. The standard InChI is InChI=1S/C14H16N2S/c1-10-5-3-4-6-12(10)13-9-11(2)15-14(16-13)7-8-17/h3-6,9,17H,7-8H2,1-2H3. The topological polar surface area (TPSA) is 25.8 Å². The van der Waals surface area contributed by atoms with E-state index in [2.05, 4.69) is 41.7 Å². The van der Waals surface area contributed by atoms with E-state index in [0.717, 1.165) is 29.4 Å². The third-order valence-corrected chi connectivity index (χ3v) is 2.88. The number of benzene rings is 1. The second-order valence-electron chi connectivity index (χ2n) is 4.10. The molecule has 0 unspecified atom stereocenters. The molecule has 88 valence electrons. The van der Waals surface area contributed by atoms with Gasteiger partial charge in [-0.15, -0.1) is 0 Å². The van der Waals surface area contributed by atoms with Crippen molar-refractivity contribution in [3.8, 4) is 11.3 Å². The molecule has 17 heavy (non-hydrogen) atoms. The van der Waals surface area contributed by atoms with Crippen LogP contribution in [0.5, 0.6) is 0 Å². The quantitative estimate of drug-likeness (QED) is 0.839. The van der Waals surface area contributed by atoms with Gasteiger partial charge >= 0.3 is 0 Å². The van der Waals surface area contributed by atoms with Gasteiger partial charge in [0, 0.05) is 17.7 Å². The summed E-state index contributed by atoms with van der Waals surface area (Å²) in [6.45, 7) is 4.11. The van der Waals surface area contributed by atoms with E-state index in [1.807, 2.05) is 25.1 Å². The molecule has 2 aromatic rings.